The van der Waals surface area contributed by atoms with E-state index in [1.54, 1.807) is 6.07 Å². The maximum absolute atomic E-state index is 13.2. The highest BCUT2D eigenvalue weighted by molar-refractivity contribution is 5.94. The number of hydrogen-bond donors (Lipinski definition) is 1. The molecule has 0 fully saturated rings. The van der Waals surface area contributed by atoms with Crippen LogP contribution >= 0.6 is 0 Å². The van der Waals surface area contributed by atoms with Crippen LogP contribution in [0.5, 0.6) is 0 Å². The maximum Gasteiger partial charge on any atom is 0.251 e. The molecule has 1 aromatic heterocycles. The SMILES string of the molecule is O=C(NCc1cc(-c2ccccc2)ncn1)c1ccc(F)c(F)c1. The zero-order valence-electron chi connectivity index (χ0n) is 12.5. The van der Waals surface area contributed by atoms with Crippen molar-refractivity contribution in [3.63, 3.8) is 0 Å². The molecule has 0 unspecified atom stereocenters. The average Bonchev–Trinajstić information content (AvgIpc) is 2.63. The number of benzene rings is 2. The Hall–Kier alpha value is -3.15. The van der Waals surface area contributed by atoms with E-state index in [1.807, 2.05) is 30.3 Å². The van der Waals surface area contributed by atoms with Crippen LogP contribution in [-0.2, 0) is 6.54 Å². The molecule has 1 heterocycles. The molecule has 24 heavy (non-hydrogen) atoms. The fourth-order valence-electron chi connectivity index (χ4n) is 2.17. The van der Waals surface area contributed by atoms with Crippen LogP contribution < -0.4 is 5.32 Å². The monoisotopic (exact) mass is 325 g/mol. The average molecular weight is 325 g/mol. The van der Waals surface area contributed by atoms with Gasteiger partial charge in [0.1, 0.15) is 6.33 Å². The molecule has 0 saturated carbocycles. The molecular formula is C18H13F2N3O. The quantitative estimate of drug-likeness (QED) is 0.800. The normalized spacial score (nSPS) is 10.4. The summed E-state index contributed by atoms with van der Waals surface area (Å²) in [6.07, 6.45) is 1.42. The summed E-state index contributed by atoms with van der Waals surface area (Å²) in [5.41, 5.74) is 2.33. The fraction of sp³-hybridized carbons (Fsp3) is 0.0556. The van der Waals surface area contributed by atoms with Crippen molar-refractivity contribution in [3.05, 3.63) is 83.8 Å². The van der Waals surface area contributed by atoms with Crippen molar-refractivity contribution in [1.29, 1.82) is 0 Å². The fourth-order valence-corrected chi connectivity index (χ4v) is 2.17. The first-order chi connectivity index (χ1) is 11.6. The molecule has 0 saturated heterocycles. The van der Waals surface area contributed by atoms with Crippen molar-refractivity contribution in [3.8, 4) is 11.3 Å². The zero-order valence-corrected chi connectivity index (χ0v) is 12.5. The summed E-state index contributed by atoms with van der Waals surface area (Å²) < 4.78 is 26.1. The van der Waals surface area contributed by atoms with E-state index in [0.29, 0.717) is 5.69 Å². The lowest BCUT2D eigenvalue weighted by atomic mass is 10.1. The third kappa shape index (κ3) is 3.60. The minimum absolute atomic E-state index is 0.0474. The summed E-state index contributed by atoms with van der Waals surface area (Å²) in [4.78, 5) is 20.3. The summed E-state index contributed by atoms with van der Waals surface area (Å²) in [7, 11) is 0. The van der Waals surface area contributed by atoms with Gasteiger partial charge in [-0.3, -0.25) is 4.79 Å². The molecule has 6 heteroatoms. The van der Waals surface area contributed by atoms with Crippen LogP contribution in [0.3, 0.4) is 0 Å². The largest absolute Gasteiger partial charge is 0.346 e. The number of carbonyl (C=O) groups excluding carboxylic acids is 1. The van der Waals surface area contributed by atoms with Gasteiger partial charge in [0, 0.05) is 11.1 Å². The summed E-state index contributed by atoms with van der Waals surface area (Å²) in [5, 5.41) is 2.62. The first kappa shape index (κ1) is 15.7. The molecular weight excluding hydrogens is 312 g/mol. The van der Waals surface area contributed by atoms with Crippen molar-refractivity contribution >= 4 is 5.91 Å². The van der Waals surface area contributed by atoms with Crippen molar-refractivity contribution in [2.75, 3.05) is 0 Å². The smallest absolute Gasteiger partial charge is 0.251 e. The Kier molecular flexibility index (Phi) is 4.56. The minimum atomic E-state index is -1.06. The first-order valence-electron chi connectivity index (χ1n) is 7.23. The van der Waals surface area contributed by atoms with Gasteiger partial charge in [-0.1, -0.05) is 30.3 Å². The van der Waals surface area contributed by atoms with E-state index in [9.17, 15) is 13.6 Å². The Bertz CT molecular complexity index is 869. The molecule has 120 valence electrons. The van der Waals surface area contributed by atoms with E-state index in [2.05, 4.69) is 15.3 Å². The Morgan fingerprint density at radius 2 is 1.75 bits per heavy atom. The van der Waals surface area contributed by atoms with E-state index in [4.69, 9.17) is 0 Å². The third-order valence-electron chi connectivity index (χ3n) is 3.41. The van der Waals surface area contributed by atoms with Crippen molar-refractivity contribution < 1.29 is 13.6 Å². The molecule has 0 spiro atoms. The molecule has 0 radical (unpaired) electrons. The Labute approximate surface area is 137 Å². The molecule has 3 aromatic rings. The Balaban J connectivity index is 1.70. The van der Waals surface area contributed by atoms with Crippen LogP contribution in [0.15, 0.2) is 60.9 Å². The lowest BCUT2D eigenvalue weighted by molar-refractivity contribution is 0.0950. The van der Waals surface area contributed by atoms with Gasteiger partial charge >= 0.3 is 0 Å². The van der Waals surface area contributed by atoms with Gasteiger partial charge in [0.05, 0.1) is 17.9 Å². The zero-order chi connectivity index (χ0) is 16.9. The number of aromatic nitrogens is 2. The molecule has 1 N–H and O–H groups in total. The van der Waals surface area contributed by atoms with Crippen molar-refractivity contribution in [2.24, 2.45) is 0 Å². The van der Waals surface area contributed by atoms with Gasteiger partial charge in [-0.2, -0.15) is 0 Å². The highest BCUT2D eigenvalue weighted by Gasteiger charge is 2.10. The van der Waals surface area contributed by atoms with Crippen LogP contribution in [0.25, 0.3) is 11.3 Å². The van der Waals surface area contributed by atoms with E-state index in [1.165, 1.54) is 12.4 Å². The van der Waals surface area contributed by atoms with Crippen molar-refractivity contribution in [2.45, 2.75) is 6.54 Å². The summed E-state index contributed by atoms with van der Waals surface area (Å²) in [6.45, 7) is 0.153. The van der Waals surface area contributed by atoms with Gasteiger partial charge in [0.2, 0.25) is 0 Å². The van der Waals surface area contributed by atoms with E-state index in [0.717, 1.165) is 23.4 Å². The van der Waals surface area contributed by atoms with Crippen LogP contribution in [0, 0.1) is 11.6 Å². The lowest BCUT2D eigenvalue weighted by Gasteiger charge is -2.07. The van der Waals surface area contributed by atoms with Gasteiger partial charge in [-0.05, 0) is 24.3 Å². The standard InChI is InChI=1S/C18H13F2N3O/c19-15-7-6-13(8-16(15)20)18(24)21-10-14-9-17(23-11-22-14)12-4-2-1-3-5-12/h1-9,11H,10H2,(H,21,24). The topological polar surface area (TPSA) is 54.9 Å². The second-order valence-corrected chi connectivity index (χ2v) is 5.07. The van der Waals surface area contributed by atoms with Gasteiger partial charge in [-0.25, -0.2) is 18.7 Å². The van der Waals surface area contributed by atoms with Crippen molar-refractivity contribution in [1.82, 2.24) is 15.3 Å². The first-order valence-corrected chi connectivity index (χ1v) is 7.23. The minimum Gasteiger partial charge on any atom is -0.346 e. The number of halogens is 2. The summed E-state index contributed by atoms with van der Waals surface area (Å²) in [6, 6.07) is 14.3. The highest BCUT2D eigenvalue weighted by atomic mass is 19.2. The van der Waals surface area contributed by atoms with Gasteiger partial charge in [0.15, 0.2) is 11.6 Å². The van der Waals surface area contributed by atoms with E-state index >= 15 is 0 Å². The van der Waals surface area contributed by atoms with Crippen LogP contribution in [0.2, 0.25) is 0 Å². The predicted octanol–water partition coefficient (Wildman–Crippen LogP) is 3.35. The Morgan fingerprint density at radius 1 is 0.958 bits per heavy atom. The maximum atomic E-state index is 13.2. The van der Waals surface area contributed by atoms with Crippen LogP contribution in [-0.4, -0.2) is 15.9 Å². The molecule has 0 atom stereocenters. The highest BCUT2D eigenvalue weighted by Crippen LogP contribution is 2.16. The number of rotatable bonds is 4. The number of nitrogens with zero attached hydrogens (tertiary/aromatic N) is 2. The summed E-state index contributed by atoms with van der Waals surface area (Å²) in [5.74, 6) is -2.56. The predicted molar refractivity (Wildman–Crippen MR) is 85.0 cm³/mol. The molecule has 3 rings (SSSR count). The second-order valence-electron chi connectivity index (χ2n) is 5.07. The van der Waals surface area contributed by atoms with E-state index in [-0.39, 0.29) is 12.1 Å². The molecule has 0 aliphatic carbocycles. The molecule has 0 aliphatic rings. The Morgan fingerprint density at radius 3 is 2.50 bits per heavy atom. The van der Waals surface area contributed by atoms with Gasteiger partial charge < -0.3 is 5.32 Å². The lowest BCUT2D eigenvalue weighted by Crippen LogP contribution is -2.23. The van der Waals surface area contributed by atoms with Crippen LogP contribution in [0.4, 0.5) is 8.78 Å². The molecule has 4 nitrogen and oxygen atoms in total. The van der Waals surface area contributed by atoms with Gasteiger partial charge in [0.25, 0.3) is 5.91 Å². The number of amides is 1. The number of nitrogens with one attached hydrogen (secondary N) is 1. The molecule has 0 bridgehead atoms. The number of carbonyl (C=O) groups is 1. The van der Waals surface area contributed by atoms with Gasteiger partial charge in [-0.15, -0.1) is 0 Å². The second kappa shape index (κ2) is 6.95. The molecule has 2 aromatic carbocycles. The van der Waals surface area contributed by atoms with Crippen LogP contribution in [0.1, 0.15) is 16.1 Å². The number of hydrogen-bond acceptors (Lipinski definition) is 3. The molecule has 0 aliphatic heterocycles. The molecule has 1 amide bonds. The third-order valence-corrected chi connectivity index (χ3v) is 3.41. The summed E-state index contributed by atoms with van der Waals surface area (Å²) >= 11 is 0. The van der Waals surface area contributed by atoms with E-state index < -0.39 is 17.5 Å².